The zero-order valence-corrected chi connectivity index (χ0v) is 9.88. The van der Waals surface area contributed by atoms with Gasteiger partial charge in [-0.3, -0.25) is 14.4 Å². The minimum Gasteiger partial charge on any atom is -0.480 e. The summed E-state index contributed by atoms with van der Waals surface area (Å²) in [5.74, 6) is -3.06. The Balaban J connectivity index is 4.40. The Bertz CT molecular complexity index is 275. The summed E-state index contributed by atoms with van der Waals surface area (Å²) in [7, 11) is 1.49. The predicted molar refractivity (Wildman–Crippen MR) is 57.5 cm³/mol. The lowest BCUT2D eigenvalue weighted by atomic mass is 10.1. The average molecular weight is 247 g/mol. The van der Waals surface area contributed by atoms with Gasteiger partial charge in [0, 0.05) is 20.1 Å². The molecule has 2 N–H and O–H groups in total. The van der Waals surface area contributed by atoms with Crippen LogP contribution in [0.2, 0.25) is 0 Å². The third-order valence-corrected chi connectivity index (χ3v) is 1.98. The van der Waals surface area contributed by atoms with Crippen molar-refractivity contribution in [2.24, 2.45) is 5.92 Å². The summed E-state index contributed by atoms with van der Waals surface area (Å²) in [6, 6.07) is 0. The van der Waals surface area contributed by atoms with Crippen LogP contribution >= 0.6 is 0 Å². The molecular weight excluding hydrogens is 230 g/mol. The van der Waals surface area contributed by atoms with Gasteiger partial charge in [-0.05, 0) is 5.92 Å². The maximum atomic E-state index is 11.6. The molecule has 7 heteroatoms. The van der Waals surface area contributed by atoms with E-state index in [1.54, 1.807) is 6.92 Å². The van der Waals surface area contributed by atoms with E-state index in [9.17, 15) is 14.4 Å². The Morgan fingerprint density at radius 3 is 2.00 bits per heavy atom. The van der Waals surface area contributed by atoms with Crippen molar-refractivity contribution >= 4 is 17.8 Å². The van der Waals surface area contributed by atoms with Gasteiger partial charge in [-0.25, -0.2) is 0 Å². The van der Waals surface area contributed by atoms with Crippen molar-refractivity contribution in [3.05, 3.63) is 0 Å². The van der Waals surface area contributed by atoms with Gasteiger partial charge < -0.3 is 19.8 Å². The number of carboxylic acids is 2. The van der Waals surface area contributed by atoms with Crippen LogP contribution < -0.4 is 0 Å². The fourth-order valence-corrected chi connectivity index (χ4v) is 1.33. The van der Waals surface area contributed by atoms with Gasteiger partial charge in [0.1, 0.15) is 13.1 Å². The molecule has 0 spiro atoms. The number of nitrogens with zero attached hydrogens (tertiary/aromatic N) is 1. The number of aliphatic carboxylic acids is 2. The summed E-state index contributed by atoms with van der Waals surface area (Å²) in [4.78, 5) is 33.4. The molecule has 0 fully saturated rings. The summed E-state index contributed by atoms with van der Waals surface area (Å²) >= 11 is 0. The van der Waals surface area contributed by atoms with Gasteiger partial charge in [-0.1, -0.05) is 6.92 Å². The normalized spacial score (nSPS) is 11.9. The molecule has 0 heterocycles. The van der Waals surface area contributed by atoms with Crippen LogP contribution in [0.4, 0.5) is 0 Å². The molecule has 0 aromatic carbocycles. The molecule has 7 nitrogen and oxygen atoms in total. The number of rotatable bonds is 8. The van der Waals surface area contributed by atoms with Gasteiger partial charge in [0.25, 0.3) is 0 Å². The maximum absolute atomic E-state index is 11.6. The maximum Gasteiger partial charge on any atom is 0.323 e. The first-order chi connectivity index (χ1) is 7.86. The zero-order valence-electron chi connectivity index (χ0n) is 9.88. The summed E-state index contributed by atoms with van der Waals surface area (Å²) in [5.41, 5.74) is 0. The van der Waals surface area contributed by atoms with E-state index in [1.165, 1.54) is 7.11 Å². The van der Waals surface area contributed by atoms with Crippen LogP contribution in [0.5, 0.6) is 0 Å². The molecule has 1 unspecified atom stereocenters. The summed E-state index contributed by atoms with van der Waals surface area (Å²) in [6.45, 7) is 0.913. The van der Waals surface area contributed by atoms with Crippen molar-refractivity contribution in [3.63, 3.8) is 0 Å². The highest BCUT2D eigenvalue weighted by atomic mass is 16.5. The summed E-state index contributed by atoms with van der Waals surface area (Å²) in [6.07, 6.45) is 0.0639. The smallest absolute Gasteiger partial charge is 0.323 e. The molecule has 0 aromatic heterocycles. The van der Waals surface area contributed by atoms with E-state index in [2.05, 4.69) is 0 Å². The molecule has 0 rings (SSSR count). The molecule has 17 heavy (non-hydrogen) atoms. The Morgan fingerprint density at radius 2 is 1.65 bits per heavy atom. The van der Waals surface area contributed by atoms with Crippen LogP contribution in [0, 0.1) is 5.92 Å². The number of ether oxygens (including phenoxy) is 1. The Hall–Kier alpha value is -1.63. The first-order valence-corrected chi connectivity index (χ1v) is 5.07. The standard InChI is InChI=1S/C10H17NO6/c1-7(6-17-2)3-8(12)11(4-9(13)14)5-10(15)16/h7H,3-6H2,1-2H3,(H,13,14)(H,15,16). The largest absolute Gasteiger partial charge is 0.480 e. The number of amides is 1. The van der Waals surface area contributed by atoms with Gasteiger partial charge in [0.2, 0.25) is 5.91 Å². The van der Waals surface area contributed by atoms with E-state index in [-0.39, 0.29) is 12.3 Å². The fourth-order valence-electron chi connectivity index (χ4n) is 1.33. The number of hydrogen-bond donors (Lipinski definition) is 2. The Labute approximate surface area is 99.0 Å². The van der Waals surface area contributed by atoms with E-state index in [1.807, 2.05) is 0 Å². The van der Waals surface area contributed by atoms with Crippen LogP contribution in [0.3, 0.4) is 0 Å². The number of methoxy groups -OCH3 is 1. The van der Waals surface area contributed by atoms with Crippen molar-refractivity contribution in [2.75, 3.05) is 26.8 Å². The molecule has 0 aliphatic rings. The third-order valence-electron chi connectivity index (χ3n) is 1.98. The first-order valence-electron chi connectivity index (χ1n) is 5.07. The second kappa shape index (κ2) is 7.61. The van der Waals surface area contributed by atoms with Crippen molar-refractivity contribution < 1.29 is 29.3 Å². The SMILES string of the molecule is COCC(C)CC(=O)N(CC(=O)O)CC(=O)O. The zero-order chi connectivity index (χ0) is 13.4. The van der Waals surface area contributed by atoms with Crippen molar-refractivity contribution in [3.8, 4) is 0 Å². The van der Waals surface area contributed by atoms with Crippen LogP contribution in [0.25, 0.3) is 0 Å². The molecular formula is C10H17NO6. The molecule has 1 atom stereocenters. The molecule has 98 valence electrons. The molecule has 0 aliphatic carbocycles. The number of carbonyl (C=O) groups is 3. The quantitative estimate of drug-likeness (QED) is 0.608. The third kappa shape index (κ3) is 7.29. The number of carboxylic acid groups (broad SMARTS) is 2. The summed E-state index contributed by atoms with van der Waals surface area (Å²) in [5, 5.41) is 17.1. The van der Waals surface area contributed by atoms with E-state index in [0.717, 1.165) is 4.90 Å². The molecule has 1 amide bonds. The highest BCUT2D eigenvalue weighted by Crippen LogP contribution is 2.06. The Kier molecular flexibility index (Phi) is 6.88. The molecule has 0 saturated carbocycles. The number of carbonyl (C=O) groups excluding carboxylic acids is 1. The van der Waals surface area contributed by atoms with Crippen LogP contribution in [0.1, 0.15) is 13.3 Å². The van der Waals surface area contributed by atoms with Crippen molar-refractivity contribution in [1.29, 1.82) is 0 Å². The van der Waals surface area contributed by atoms with Crippen LogP contribution in [-0.2, 0) is 19.1 Å². The molecule has 0 aromatic rings. The molecule has 0 bridgehead atoms. The van der Waals surface area contributed by atoms with E-state index in [0.29, 0.717) is 6.61 Å². The van der Waals surface area contributed by atoms with Gasteiger partial charge >= 0.3 is 11.9 Å². The fraction of sp³-hybridized carbons (Fsp3) is 0.700. The van der Waals surface area contributed by atoms with Gasteiger partial charge in [-0.2, -0.15) is 0 Å². The highest BCUT2D eigenvalue weighted by Gasteiger charge is 2.21. The van der Waals surface area contributed by atoms with E-state index < -0.39 is 30.9 Å². The van der Waals surface area contributed by atoms with Gasteiger partial charge in [-0.15, -0.1) is 0 Å². The lowest BCUT2D eigenvalue weighted by Crippen LogP contribution is -2.40. The van der Waals surface area contributed by atoms with Crippen molar-refractivity contribution in [2.45, 2.75) is 13.3 Å². The minimum absolute atomic E-state index is 0.0639. The lowest BCUT2D eigenvalue weighted by Gasteiger charge is -2.20. The monoisotopic (exact) mass is 247 g/mol. The minimum atomic E-state index is -1.24. The number of hydrogen-bond acceptors (Lipinski definition) is 4. The van der Waals surface area contributed by atoms with Gasteiger partial charge in [0.05, 0.1) is 0 Å². The first kappa shape index (κ1) is 15.4. The summed E-state index contributed by atoms with van der Waals surface area (Å²) < 4.78 is 4.84. The van der Waals surface area contributed by atoms with Gasteiger partial charge in [0.15, 0.2) is 0 Å². The second-order valence-corrected chi connectivity index (χ2v) is 3.80. The van der Waals surface area contributed by atoms with Crippen LogP contribution in [-0.4, -0.2) is 59.8 Å². The Morgan fingerprint density at radius 1 is 1.18 bits per heavy atom. The van der Waals surface area contributed by atoms with Crippen molar-refractivity contribution in [1.82, 2.24) is 4.90 Å². The van der Waals surface area contributed by atoms with Crippen LogP contribution in [0.15, 0.2) is 0 Å². The second-order valence-electron chi connectivity index (χ2n) is 3.80. The predicted octanol–water partition coefficient (Wildman–Crippen LogP) is -0.343. The topological polar surface area (TPSA) is 104 Å². The molecule has 0 aliphatic heterocycles. The molecule has 0 radical (unpaired) electrons. The lowest BCUT2D eigenvalue weighted by molar-refractivity contribution is -0.149. The molecule has 0 saturated heterocycles. The average Bonchev–Trinajstić information content (AvgIpc) is 2.15. The highest BCUT2D eigenvalue weighted by molar-refractivity contribution is 5.85. The van der Waals surface area contributed by atoms with E-state index >= 15 is 0 Å². The van der Waals surface area contributed by atoms with E-state index in [4.69, 9.17) is 14.9 Å².